The second kappa shape index (κ2) is 6.02. The number of benzene rings is 1. The van der Waals surface area contributed by atoms with Gasteiger partial charge in [0.25, 0.3) is 10.1 Å². The normalized spacial score (nSPS) is 11.5. The van der Waals surface area contributed by atoms with Gasteiger partial charge in [-0.3, -0.25) is 4.18 Å². The van der Waals surface area contributed by atoms with E-state index in [1.54, 1.807) is 13.2 Å². The van der Waals surface area contributed by atoms with E-state index in [2.05, 4.69) is 6.92 Å². The number of hydrogen-bond donors (Lipinski definition) is 0. The molecule has 0 radical (unpaired) electrons. The average Bonchev–Trinajstić information content (AvgIpc) is 2.25. The topological polar surface area (TPSA) is 52.6 Å². The number of rotatable bonds is 6. The smallest absolute Gasteiger partial charge is 0.264 e. The Morgan fingerprint density at radius 3 is 2.35 bits per heavy atom. The van der Waals surface area contributed by atoms with Crippen molar-refractivity contribution in [3.05, 3.63) is 29.3 Å². The highest BCUT2D eigenvalue weighted by Gasteiger charge is 2.05. The van der Waals surface area contributed by atoms with E-state index in [1.165, 1.54) is 0 Å². The van der Waals surface area contributed by atoms with E-state index < -0.39 is 10.1 Å². The molecule has 0 amide bonds. The van der Waals surface area contributed by atoms with Gasteiger partial charge >= 0.3 is 0 Å². The quantitative estimate of drug-likeness (QED) is 0.733. The fourth-order valence-electron chi connectivity index (χ4n) is 1.54. The molecule has 17 heavy (non-hydrogen) atoms. The van der Waals surface area contributed by atoms with Gasteiger partial charge in [0.05, 0.1) is 20.0 Å². The molecular formula is C12H18O4S. The Hall–Kier alpha value is -1.07. The fraction of sp³-hybridized carbons (Fsp3) is 0.500. The highest BCUT2D eigenvalue weighted by atomic mass is 32.2. The average molecular weight is 258 g/mol. The van der Waals surface area contributed by atoms with Crippen LogP contribution in [0, 0.1) is 0 Å². The van der Waals surface area contributed by atoms with Crippen molar-refractivity contribution in [2.75, 3.05) is 13.4 Å². The Labute approximate surface area is 103 Å². The van der Waals surface area contributed by atoms with Gasteiger partial charge in [0.2, 0.25) is 0 Å². The van der Waals surface area contributed by atoms with Gasteiger partial charge in [-0.15, -0.1) is 0 Å². The third-order valence-corrected chi connectivity index (χ3v) is 2.79. The van der Waals surface area contributed by atoms with Gasteiger partial charge in [0.1, 0.15) is 5.75 Å². The molecule has 0 aliphatic rings. The van der Waals surface area contributed by atoms with Crippen LogP contribution >= 0.6 is 0 Å². The summed E-state index contributed by atoms with van der Waals surface area (Å²) in [5, 5.41) is 0. The first-order valence-electron chi connectivity index (χ1n) is 5.46. The molecule has 4 nitrogen and oxygen atoms in total. The van der Waals surface area contributed by atoms with Crippen LogP contribution in [0.25, 0.3) is 0 Å². The molecule has 96 valence electrons. The zero-order chi connectivity index (χ0) is 12.9. The van der Waals surface area contributed by atoms with Crippen molar-refractivity contribution in [2.45, 2.75) is 26.4 Å². The number of ether oxygens (including phenoxy) is 1. The van der Waals surface area contributed by atoms with E-state index >= 15 is 0 Å². The van der Waals surface area contributed by atoms with E-state index in [1.807, 2.05) is 12.1 Å². The van der Waals surface area contributed by atoms with Gasteiger partial charge in [-0.2, -0.15) is 8.42 Å². The van der Waals surface area contributed by atoms with Gasteiger partial charge in [-0.25, -0.2) is 0 Å². The lowest BCUT2D eigenvalue weighted by Crippen LogP contribution is -2.03. The summed E-state index contributed by atoms with van der Waals surface area (Å²) < 4.78 is 31.8. The van der Waals surface area contributed by atoms with Crippen LogP contribution in [0.3, 0.4) is 0 Å². The summed E-state index contributed by atoms with van der Waals surface area (Å²) >= 11 is 0. The minimum Gasteiger partial charge on any atom is -0.497 e. The van der Waals surface area contributed by atoms with Crippen LogP contribution in [0.15, 0.2) is 18.2 Å². The lowest BCUT2D eigenvalue weighted by molar-refractivity contribution is 0.310. The van der Waals surface area contributed by atoms with Crippen molar-refractivity contribution in [1.82, 2.24) is 0 Å². The van der Waals surface area contributed by atoms with Gasteiger partial charge in [0, 0.05) is 0 Å². The third kappa shape index (κ3) is 5.19. The Balaban J connectivity index is 2.86. The van der Waals surface area contributed by atoms with Crippen molar-refractivity contribution in [3.63, 3.8) is 0 Å². The van der Waals surface area contributed by atoms with E-state index in [0.717, 1.165) is 36.0 Å². The molecule has 0 fully saturated rings. The molecule has 0 heterocycles. The summed E-state index contributed by atoms with van der Waals surface area (Å²) in [5.41, 5.74) is 1.93. The Morgan fingerprint density at radius 1 is 1.18 bits per heavy atom. The molecule has 0 unspecified atom stereocenters. The van der Waals surface area contributed by atoms with Gasteiger partial charge < -0.3 is 4.74 Å². The fourth-order valence-corrected chi connectivity index (χ4v) is 1.89. The molecule has 1 aromatic carbocycles. The van der Waals surface area contributed by atoms with Crippen molar-refractivity contribution < 1.29 is 17.3 Å². The molecule has 0 spiro atoms. The predicted molar refractivity (Wildman–Crippen MR) is 66.6 cm³/mol. The van der Waals surface area contributed by atoms with Crippen LogP contribution in [-0.2, 0) is 27.3 Å². The summed E-state index contributed by atoms with van der Waals surface area (Å²) in [5.74, 6) is 0.725. The standard InChI is InChI=1S/C12H18O4S/c1-4-5-10-6-11(8-12(7-10)15-2)9-16-17(3,13)14/h6-8H,4-5,9H2,1-3H3. The highest BCUT2D eigenvalue weighted by Crippen LogP contribution is 2.19. The third-order valence-electron chi connectivity index (χ3n) is 2.24. The van der Waals surface area contributed by atoms with E-state index in [9.17, 15) is 8.42 Å². The Morgan fingerprint density at radius 2 is 1.82 bits per heavy atom. The highest BCUT2D eigenvalue weighted by molar-refractivity contribution is 7.85. The molecule has 0 bridgehead atoms. The van der Waals surface area contributed by atoms with Gasteiger partial charge in [-0.1, -0.05) is 19.4 Å². The molecule has 0 N–H and O–H groups in total. The molecule has 0 aliphatic heterocycles. The zero-order valence-electron chi connectivity index (χ0n) is 10.4. The monoisotopic (exact) mass is 258 g/mol. The first-order valence-corrected chi connectivity index (χ1v) is 7.27. The first-order chi connectivity index (χ1) is 7.94. The van der Waals surface area contributed by atoms with Crippen LogP contribution < -0.4 is 4.74 Å². The largest absolute Gasteiger partial charge is 0.497 e. The van der Waals surface area contributed by atoms with Crippen LogP contribution in [0.4, 0.5) is 0 Å². The molecule has 5 heteroatoms. The number of methoxy groups -OCH3 is 1. The predicted octanol–water partition coefficient (Wildman–Crippen LogP) is 2.12. The van der Waals surface area contributed by atoms with Gasteiger partial charge in [-0.05, 0) is 29.7 Å². The molecule has 1 aromatic rings. The van der Waals surface area contributed by atoms with Crippen LogP contribution in [0.5, 0.6) is 5.75 Å². The van der Waals surface area contributed by atoms with E-state index in [4.69, 9.17) is 8.92 Å². The van der Waals surface area contributed by atoms with Crippen molar-refractivity contribution in [2.24, 2.45) is 0 Å². The maximum atomic E-state index is 10.9. The summed E-state index contributed by atoms with van der Waals surface area (Å²) in [7, 11) is -1.82. The Bertz CT molecular complexity index is 465. The lowest BCUT2D eigenvalue weighted by Gasteiger charge is -2.08. The van der Waals surface area contributed by atoms with Crippen molar-refractivity contribution in [3.8, 4) is 5.75 Å². The van der Waals surface area contributed by atoms with Crippen LogP contribution in [0.2, 0.25) is 0 Å². The number of aryl methyl sites for hydroxylation is 1. The molecule has 0 aromatic heterocycles. The minimum atomic E-state index is -3.41. The summed E-state index contributed by atoms with van der Waals surface area (Å²) in [4.78, 5) is 0. The van der Waals surface area contributed by atoms with Crippen LogP contribution in [0.1, 0.15) is 24.5 Å². The van der Waals surface area contributed by atoms with Crippen LogP contribution in [-0.4, -0.2) is 21.8 Å². The van der Waals surface area contributed by atoms with Crippen molar-refractivity contribution >= 4 is 10.1 Å². The summed E-state index contributed by atoms with van der Waals surface area (Å²) in [6, 6.07) is 5.68. The lowest BCUT2D eigenvalue weighted by atomic mass is 10.1. The molecule has 1 rings (SSSR count). The number of hydrogen-bond acceptors (Lipinski definition) is 4. The van der Waals surface area contributed by atoms with Gasteiger partial charge in [0.15, 0.2) is 0 Å². The Kier molecular flexibility index (Phi) is 4.96. The molecular weight excluding hydrogens is 240 g/mol. The maximum absolute atomic E-state index is 10.9. The molecule has 0 saturated carbocycles. The molecule has 0 saturated heterocycles. The second-order valence-electron chi connectivity index (χ2n) is 3.91. The molecule has 0 atom stereocenters. The van der Waals surface area contributed by atoms with E-state index in [-0.39, 0.29) is 6.61 Å². The van der Waals surface area contributed by atoms with E-state index in [0.29, 0.717) is 0 Å². The minimum absolute atomic E-state index is 0.0484. The van der Waals surface area contributed by atoms with Crippen molar-refractivity contribution in [1.29, 1.82) is 0 Å². The maximum Gasteiger partial charge on any atom is 0.264 e. The molecule has 0 aliphatic carbocycles. The SMILES string of the molecule is CCCc1cc(COS(C)(=O)=O)cc(OC)c1. The summed E-state index contributed by atoms with van der Waals surface area (Å²) in [6.45, 7) is 2.14. The zero-order valence-corrected chi connectivity index (χ0v) is 11.2. The second-order valence-corrected chi connectivity index (χ2v) is 5.55. The summed E-state index contributed by atoms with van der Waals surface area (Å²) in [6.07, 6.45) is 3.00. The first kappa shape index (κ1) is 14.0.